The number of carbonyl (C=O) groups is 1. The van der Waals surface area contributed by atoms with Crippen LogP contribution in [0.2, 0.25) is 0 Å². The summed E-state index contributed by atoms with van der Waals surface area (Å²) in [7, 11) is 0. The summed E-state index contributed by atoms with van der Waals surface area (Å²) in [6.07, 6.45) is -3.52. The molecule has 0 saturated carbocycles. The van der Waals surface area contributed by atoms with Gasteiger partial charge in [0.25, 0.3) is 0 Å². The summed E-state index contributed by atoms with van der Waals surface area (Å²) >= 11 is 0. The zero-order chi connectivity index (χ0) is 15.2. The van der Waals surface area contributed by atoms with Gasteiger partial charge in [0.05, 0.1) is 5.56 Å². The molecule has 1 amide bonds. The second kappa shape index (κ2) is 7.28. The molecule has 0 aliphatic heterocycles. The van der Waals surface area contributed by atoms with Crippen LogP contribution in [0.1, 0.15) is 36.8 Å². The molecule has 6 heteroatoms. The van der Waals surface area contributed by atoms with E-state index < -0.39 is 11.7 Å². The second-order valence-corrected chi connectivity index (χ2v) is 4.72. The summed E-state index contributed by atoms with van der Waals surface area (Å²) in [5.41, 5.74) is 5.13. The van der Waals surface area contributed by atoms with E-state index >= 15 is 0 Å². The Labute approximate surface area is 116 Å². The van der Waals surface area contributed by atoms with Crippen LogP contribution in [0.15, 0.2) is 24.3 Å². The highest BCUT2D eigenvalue weighted by Gasteiger charge is 2.30. The first-order valence-electron chi connectivity index (χ1n) is 6.48. The Kier molecular flexibility index (Phi) is 6.01. The van der Waals surface area contributed by atoms with Gasteiger partial charge in [-0.15, -0.1) is 0 Å². The van der Waals surface area contributed by atoms with Crippen LogP contribution in [-0.4, -0.2) is 19.0 Å². The third kappa shape index (κ3) is 5.21. The Bertz CT molecular complexity index is 446. The molecule has 0 spiro atoms. The van der Waals surface area contributed by atoms with E-state index in [1.807, 2.05) is 0 Å². The lowest BCUT2D eigenvalue weighted by molar-refractivity contribution is -0.137. The number of nitrogens with two attached hydrogens (primary N) is 1. The highest BCUT2D eigenvalue weighted by Crippen LogP contribution is 2.31. The molecule has 0 aliphatic carbocycles. The Morgan fingerprint density at radius 3 is 2.70 bits per heavy atom. The quantitative estimate of drug-likeness (QED) is 0.791. The number of hydrogen-bond acceptors (Lipinski definition) is 2. The molecular weight excluding hydrogens is 269 g/mol. The van der Waals surface area contributed by atoms with Crippen LogP contribution in [0, 0.1) is 0 Å². The first kappa shape index (κ1) is 16.5. The molecule has 3 nitrogen and oxygen atoms in total. The van der Waals surface area contributed by atoms with Crippen LogP contribution in [-0.2, 0) is 11.0 Å². The number of nitrogens with one attached hydrogen (secondary N) is 1. The SMILES string of the molecule is CC(CC(=O)NCCCN)c1cccc(C(F)(F)F)c1. The molecule has 1 atom stereocenters. The van der Waals surface area contributed by atoms with E-state index in [0.29, 0.717) is 25.1 Å². The number of carbonyl (C=O) groups excluding carboxylic acids is 1. The molecule has 1 aromatic rings. The van der Waals surface area contributed by atoms with Crippen molar-refractivity contribution in [2.24, 2.45) is 5.73 Å². The van der Waals surface area contributed by atoms with Crippen molar-refractivity contribution in [3.8, 4) is 0 Å². The minimum Gasteiger partial charge on any atom is -0.356 e. The predicted octanol–water partition coefficient (Wildman–Crippen LogP) is 2.66. The summed E-state index contributed by atoms with van der Waals surface area (Å²) in [6, 6.07) is 5.09. The van der Waals surface area contributed by atoms with Crippen molar-refractivity contribution in [2.75, 3.05) is 13.1 Å². The molecule has 0 bridgehead atoms. The summed E-state index contributed by atoms with van der Waals surface area (Å²) in [5.74, 6) is -0.446. The largest absolute Gasteiger partial charge is 0.416 e. The molecule has 0 aromatic heterocycles. The molecule has 1 unspecified atom stereocenters. The topological polar surface area (TPSA) is 55.1 Å². The van der Waals surface area contributed by atoms with Gasteiger partial charge in [-0.05, 0) is 30.5 Å². The number of amides is 1. The van der Waals surface area contributed by atoms with Gasteiger partial charge < -0.3 is 11.1 Å². The molecule has 112 valence electrons. The highest BCUT2D eigenvalue weighted by atomic mass is 19.4. The lowest BCUT2D eigenvalue weighted by Gasteiger charge is -2.14. The molecule has 0 fully saturated rings. The zero-order valence-electron chi connectivity index (χ0n) is 11.3. The van der Waals surface area contributed by atoms with Gasteiger partial charge in [0.15, 0.2) is 0 Å². The van der Waals surface area contributed by atoms with Crippen molar-refractivity contribution in [1.82, 2.24) is 5.32 Å². The molecule has 1 aromatic carbocycles. The molecule has 0 heterocycles. The van der Waals surface area contributed by atoms with Crippen molar-refractivity contribution < 1.29 is 18.0 Å². The first-order valence-corrected chi connectivity index (χ1v) is 6.48. The van der Waals surface area contributed by atoms with Crippen molar-refractivity contribution >= 4 is 5.91 Å². The summed E-state index contributed by atoms with van der Waals surface area (Å²) < 4.78 is 37.8. The molecule has 3 N–H and O–H groups in total. The molecule has 0 aliphatic rings. The van der Waals surface area contributed by atoms with Gasteiger partial charge in [-0.25, -0.2) is 0 Å². The lowest BCUT2D eigenvalue weighted by Crippen LogP contribution is -2.26. The van der Waals surface area contributed by atoms with Crippen molar-refractivity contribution in [3.63, 3.8) is 0 Å². The van der Waals surface area contributed by atoms with Crippen molar-refractivity contribution in [1.29, 1.82) is 0 Å². The number of halogens is 3. The monoisotopic (exact) mass is 288 g/mol. The molecular formula is C14H19F3N2O. The first-order chi connectivity index (χ1) is 9.34. The smallest absolute Gasteiger partial charge is 0.356 e. The number of alkyl halides is 3. The Balaban J connectivity index is 2.63. The van der Waals surface area contributed by atoms with E-state index in [-0.39, 0.29) is 18.2 Å². The Hall–Kier alpha value is -1.56. The van der Waals surface area contributed by atoms with Crippen LogP contribution >= 0.6 is 0 Å². The summed E-state index contributed by atoms with van der Waals surface area (Å²) in [4.78, 5) is 11.6. The average molecular weight is 288 g/mol. The van der Waals surface area contributed by atoms with Crippen LogP contribution in [0.3, 0.4) is 0 Å². The van der Waals surface area contributed by atoms with Gasteiger partial charge in [0, 0.05) is 13.0 Å². The predicted molar refractivity (Wildman–Crippen MR) is 71.2 cm³/mol. The Morgan fingerprint density at radius 1 is 1.40 bits per heavy atom. The maximum Gasteiger partial charge on any atom is 0.416 e. The normalized spacial score (nSPS) is 13.1. The van der Waals surface area contributed by atoms with Crippen molar-refractivity contribution in [3.05, 3.63) is 35.4 Å². The fourth-order valence-corrected chi connectivity index (χ4v) is 1.82. The summed E-state index contributed by atoms with van der Waals surface area (Å²) in [5, 5.41) is 2.69. The lowest BCUT2D eigenvalue weighted by atomic mass is 9.95. The highest BCUT2D eigenvalue weighted by molar-refractivity contribution is 5.76. The van der Waals surface area contributed by atoms with Crippen LogP contribution in [0.25, 0.3) is 0 Å². The molecule has 0 radical (unpaired) electrons. The van der Waals surface area contributed by atoms with E-state index in [0.717, 1.165) is 12.1 Å². The van der Waals surface area contributed by atoms with Crippen LogP contribution in [0.5, 0.6) is 0 Å². The van der Waals surface area contributed by atoms with E-state index in [1.165, 1.54) is 6.07 Å². The van der Waals surface area contributed by atoms with Gasteiger partial charge >= 0.3 is 6.18 Å². The maximum absolute atomic E-state index is 12.6. The minimum absolute atomic E-state index is 0.159. The number of rotatable bonds is 6. The second-order valence-electron chi connectivity index (χ2n) is 4.72. The number of benzene rings is 1. The average Bonchev–Trinajstić information content (AvgIpc) is 2.38. The Morgan fingerprint density at radius 2 is 2.10 bits per heavy atom. The van der Waals surface area contributed by atoms with Gasteiger partial charge in [-0.2, -0.15) is 13.2 Å². The van der Waals surface area contributed by atoms with Gasteiger partial charge in [0.2, 0.25) is 5.91 Å². The van der Waals surface area contributed by atoms with Gasteiger partial charge in [0.1, 0.15) is 0 Å². The van der Waals surface area contributed by atoms with E-state index in [9.17, 15) is 18.0 Å². The van der Waals surface area contributed by atoms with Crippen LogP contribution in [0.4, 0.5) is 13.2 Å². The third-order valence-electron chi connectivity index (χ3n) is 2.98. The summed E-state index contributed by atoms with van der Waals surface area (Å²) in [6.45, 7) is 2.71. The standard InChI is InChI=1S/C14H19F3N2O/c1-10(8-13(20)19-7-3-6-18)11-4-2-5-12(9-11)14(15,16)17/h2,4-5,9-10H,3,6-8,18H2,1H3,(H,19,20). The maximum atomic E-state index is 12.6. The van der Waals surface area contributed by atoms with Gasteiger partial charge in [-0.1, -0.05) is 25.1 Å². The van der Waals surface area contributed by atoms with Gasteiger partial charge in [-0.3, -0.25) is 4.79 Å². The molecule has 0 saturated heterocycles. The fourth-order valence-electron chi connectivity index (χ4n) is 1.82. The van der Waals surface area contributed by atoms with Crippen molar-refractivity contribution in [2.45, 2.75) is 31.9 Å². The minimum atomic E-state index is -4.36. The fraction of sp³-hybridized carbons (Fsp3) is 0.500. The van der Waals surface area contributed by atoms with E-state index in [2.05, 4.69) is 5.32 Å². The molecule has 1 rings (SSSR count). The zero-order valence-corrected chi connectivity index (χ0v) is 11.3. The third-order valence-corrected chi connectivity index (χ3v) is 2.98. The van der Waals surface area contributed by atoms with Crippen LogP contribution < -0.4 is 11.1 Å². The van der Waals surface area contributed by atoms with E-state index in [4.69, 9.17) is 5.73 Å². The van der Waals surface area contributed by atoms with E-state index in [1.54, 1.807) is 13.0 Å². The number of hydrogen-bond donors (Lipinski definition) is 2. The molecule has 20 heavy (non-hydrogen) atoms.